The molecule has 0 atom stereocenters. The molecule has 0 aliphatic rings. The van der Waals surface area contributed by atoms with Crippen molar-refractivity contribution in [3.63, 3.8) is 0 Å². The lowest BCUT2D eigenvalue weighted by atomic mass is 10.1. The van der Waals surface area contributed by atoms with Crippen molar-refractivity contribution in [2.45, 2.75) is 20.8 Å². The van der Waals surface area contributed by atoms with Gasteiger partial charge in [0.05, 0.1) is 12.7 Å². The number of aryl methyl sites for hydroxylation is 1. The molecule has 0 bridgehead atoms. The van der Waals surface area contributed by atoms with Crippen molar-refractivity contribution < 1.29 is 14.6 Å². The van der Waals surface area contributed by atoms with Gasteiger partial charge in [-0.25, -0.2) is 4.79 Å². The number of carboxylic acids is 1. The van der Waals surface area contributed by atoms with Gasteiger partial charge in [0, 0.05) is 0 Å². The molecule has 0 heterocycles. The molecule has 0 amide bonds. The van der Waals surface area contributed by atoms with E-state index in [0.29, 0.717) is 5.75 Å². The molecule has 0 radical (unpaired) electrons. The Labute approximate surface area is 84.3 Å². The Balaban J connectivity index is 0.000000791. The maximum Gasteiger partial charge on any atom is 0.336 e. The van der Waals surface area contributed by atoms with Gasteiger partial charge in [-0.3, -0.25) is 0 Å². The molecular formula is C11H16O3. The van der Waals surface area contributed by atoms with Gasteiger partial charge < -0.3 is 9.84 Å². The van der Waals surface area contributed by atoms with Crippen molar-refractivity contribution in [2.24, 2.45) is 0 Å². The van der Waals surface area contributed by atoms with Gasteiger partial charge >= 0.3 is 5.97 Å². The summed E-state index contributed by atoms with van der Waals surface area (Å²) < 4.78 is 4.90. The number of carbonyl (C=O) groups is 1. The molecule has 78 valence electrons. The molecule has 14 heavy (non-hydrogen) atoms. The molecule has 1 aromatic carbocycles. The molecule has 0 spiro atoms. The lowest BCUT2D eigenvalue weighted by Gasteiger charge is -2.03. The summed E-state index contributed by atoms with van der Waals surface area (Å²) in [6, 6.07) is 4.97. The zero-order valence-corrected chi connectivity index (χ0v) is 9.00. The Bertz CT molecular complexity index is 305. The predicted octanol–water partition coefficient (Wildman–Crippen LogP) is 2.73. The Morgan fingerprint density at radius 2 is 1.93 bits per heavy atom. The summed E-state index contributed by atoms with van der Waals surface area (Å²) in [4.78, 5) is 10.6. The predicted molar refractivity (Wildman–Crippen MR) is 56.0 cm³/mol. The highest BCUT2D eigenvalue weighted by Crippen LogP contribution is 2.16. The standard InChI is InChI=1S/C9H10O3.C2H6/c1-6-3-4-7(12-2)5-8(6)9(10)11;1-2/h3-5H,1-2H3,(H,10,11);1-2H3. The molecule has 0 aromatic heterocycles. The summed E-state index contributed by atoms with van der Waals surface area (Å²) in [5.41, 5.74) is 1.03. The average Bonchev–Trinajstić information content (AvgIpc) is 2.21. The molecule has 0 unspecified atom stereocenters. The topological polar surface area (TPSA) is 46.5 Å². The third kappa shape index (κ3) is 3.09. The van der Waals surface area contributed by atoms with Crippen LogP contribution in [0.1, 0.15) is 29.8 Å². The van der Waals surface area contributed by atoms with Gasteiger partial charge in [0.15, 0.2) is 0 Å². The fraction of sp³-hybridized carbons (Fsp3) is 0.364. The summed E-state index contributed by atoms with van der Waals surface area (Å²) in [6.07, 6.45) is 0. The first-order valence-corrected chi connectivity index (χ1v) is 4.53. The van der Waals surface area contributed by atoms with E-state index in [1.54, 1.807) is 19.1 Å². The molecular weight excluding hydrogens is 180 g/mol. The Kier molecular flexibility index (Phi) is 5.37. The molecule has 0 aliphatic carbocycles. The fourth-order valence-corrected chi connectivity index (χ4v) is 0.958. The fourth-order valence-electron chi connectivity index (χ4n) is 0.958. The molecule has 3 nitrogen and oxygen atoms in total. The van der Waals surface area contributed by atoms with Gasteiger partial charge in [0.1, 0.15) is 5.75 Å². The average molecular weight is 196 g/mol. The van der Waals surface area contributed by atoms with Crippen LogP contribution in [0.4, 0.5) is 0 Å². The Morgan fingerprint density at radius 3 is 2.36 bits per heavy atom. The van der Waals surface area contributed by atoms with Crippen LogP contribution in [0, 0.1) is 6.92 Å². The summed E-state index contributed by atoms with van der Waals surface area (Å²) in [7, 11) is 1.51. The number of methoxy groups -OCH3 is 1. The van der Waals surface area contributed by atoms with Crippen LogP contribution in [-0.2, 0) is 0 Å². The molecule has 1 rings (SSSR count). The third-order valence-electron chi connectivity index (χ3n) is 1.68. The van der Waals surface area contributed by atoms with Gasteiger partial charge in [-0.1, -0.05) is 19.9 Å². The Hall–Kier alpha value is -1.51. The number of carboxylic acid groups (broad SMARTS) is 1. The smallest absolute Gasteiger partial charge is 0.336 e. The van der Waals surface area contributed by atoms with Crippen molar-refractivity contribution in [3.05, 3.63) is 29.3 Å². The maximum absolute atomic E-state index is 10.6. The second-order valence-electron chi connectivity index (χ2n) is 2.49. The summed E-state index contributed by atoms with van der Waals surface area (Å²) in [5, 5.41) is 8.73. The second-order valence-corrected chi connectivity index (χ2v) is 2.49. The van der Waals surface area contributed by atoms with Crippen molar-refractivity contribution in [3.8, 4) is 5.75 Å². The van der Waals surface area contributed by atoms with Crippen LogP contribution < -0.4 is 4.74 Å². The normalized spacial score (nSPS) is 8.57. The van der Waals surface area contributed by atoms with Crippen LogP contribution in [0.15, 0.2) is 18.2 Å². The summed E-state index contributed by atoms with van der Waals surface area (Å²) >= 11 is 0. The number of rotatable bonds is 2. The van der Waals surface area contributed by atoms with E-state index in [2.05, 4.69) is 0 Å². The largest absolute Gasteiger partial charge is 0.497 e. The van der Waals surface area contributed by atoms with Crippen LogP contribution in [0.25, 0.3) is 0 Å². The van der Waals surface area contributed by atoms with Crippen LogP contribution >= 0.6 is 0 Å². The number of aromatic carboxylic acids is 1. The van der Waals surface area contributed by atoms with Gasteiger partial charge in [0.25, 0.3) is 0 Å². The lowest BCUT2D eigenvalue weighted by Crippen LogP contribution is -1.99. The molecule has 1 N–H and O–H groups in total. The number of benzene rings is 1. The summed E-state index contributed by atoms with van der Waals surface area (Å²) in [6.45, 7) is 5.75. The lowest BCUT2D eigenvalue weighted by molar-refractivity contribution is 0.0695. The first-order chi connectivity index (χ1) is 6.65. The first-order valence-electron chi connectivity index (χ1n) is 4.53. The quantitative estimate of drug-likeness (QED) is 0.791. The van der Waals surface area contributed by atoms with Crippen LogP contribution in [0.3, 0.4) is 0 Å². The number of ether oxygens (including phenoxy) is 1. The first kappa shape index (κ1) is 12.5. The molecule has 0 aliphatic heterocycles. The van der Waals surface area contributed by atoms with Crippen LogP contribution in [0.2, 0.25) is 0 Å². The highest BCUT2D eigenvalue weighted by molar-refractivity contribution is 5.89. The highest BCUT2D eigenvalue weighted by Gasteiger charge is 2.07. The van der Waals surface area contributed by atoms with Crippen molar-refractivity contribution in [2.75, 3.05) is 7.11 Å². The van der Waals surface area contributed by atoms with Gasteiger partial charge in [-0.15, -0.1) is 0 Å². The van der Waals surface area contributed by atoms with Crippen molar-refractivity contribution >= 4 is 5.97 Å². The number of hydrogen-bond donors (Lipinski definition) is 1. The van der Waals surface area contributed by atoms with E-state index >= 15 is 0 Å². The number of hydrogen-bond acceptors (Lipinski definition) is 2. The van der Waals surface area contributed by atoms with Gasteiger partial charge in [-0.2, -0.15) is 0 Å². The van der Waals surface area contributed by atoms with E-state index in [4.69, 9.17) is 9.84 Å². The SMILES string of the molecule is CC.COc1ccc(C)c(C(=O)O)c1. The molecule has 0 saturated carbocycles. The molecule has 0 fully saturated rings. The third-order valence-corrected chi connectivity index (χ3v) is 1.68. The van der Waals surface area contributed by atoms with Gasteiger partial charge in [-0.05, 0) is 24.6 Å². The monoisotopic (exact) mass is 196 g/mol. The van der Waals surface area contributed by atoms with E-state index in [0.717, 1.165) is 5.56 Å². The van der Waals surface area contributed by atoms with E-state index in [1.165, 1.54) is 13.2 Å². The highest BCUT2D eigenvalue weighted by atomic mass is 16.5. The zero-order valence-electron chi connectivity index (χ0n) is 9.00. The van der Waals surface area contributed by atoms with E-state index in [9.17, 15) is 4.79 Å². The van der Waals surface area contributed by atoms with Crippen molar-refractivity contribution in [1.82, 2.24) is 0 Å². The minimum atomic E-state index is -0.925. The van der Waals surface area contributed by atoms with E-state index < -0.39 is 5.97 Å². The van der Waals surface area contributed by atoms with E-state index in [-0.39, 0.29) is 5.56 Å². The van der Waals surface area contributed by atoms with E-state index in [1.807, 2.05) is 13.8 Å². The second kappa shape index (κ2) is 6.02. The van der Waals surface area contributed by atoms with Gasteiger partial charge in [0.2, 0.25) is 0 Å². The van der Waals surface area contributed by atoms with Crippen molar-refractivity contribution in [1.29, 1.82) is 0 Å². The Morgan fingerprint density at radius 1 is 1.36 bits per heavy atom. The zero-order chi connectivity index (χ0) is 11.1. The maximum atomic E-state index is 10.6. The minimum Gasteiger partial charge on any atom is -0.497 e. The molecule has 1 aromatic rings. The molecule has 0 saturated heterocycles. The van der Waals surface area contributed by atoms with Crippen LogP contribution in [-0.4, -0.2) is 18.2 Å². The minimum absolute atomic E-state index is 0.286. The van der Waals surface area contributed by atoms with Crippen LogP contribution in [0.5, 0.6) is 5.75 Å². The summed E-state index contributed by atoms with van der Waals surface area (Å²) in [5.74, 6) is -0.357. The molecule has 3 heteroatoms.